The first kappa shape index (κ1) is 22.6. The molecule has 0 unspecified atom stereocenters. The third-order valence-corrected chi connectivity index (χ3v) is 4.82. The van der Waals surface area contributed by atoms with E-state index in [9.17, 15) is 14.7 Å². The number of aliphatic hydroxyl groups is 1. The summed E-state index contributed by atoms with van der Waals surface area (Å²) in [4.78, 5) is 24.5. The molecule has 3 N–H and O–H groups in total. The van der Waals surface area contributed by atoms with Gasteiger partial charge in [0, 0.05) is 31.2 Å². The van der Waals surface area contributed by atoms with Crippen molar-refractivity contribution in [2.75, 3.05) is 13.2 Å². The van der Waals surface area contributed by atoms with E-state index in [4.69, 9.17) is 0 Å². The minimum Gasteiger partial charge on any atom is -0.396 e. The molecule has 0 saturated heterocycles. The second kappa shape index (κ2) is 10.8. The van der Waals surface area contributed by atoms with Crippen LogP contribution in [-0.2, 0) is 16.6 Å². The lowest BCUT2D eigenvalue weighted by Crippen LogP contribution is -2.39. The molecule has 0 aliphatic carbocycles. The Hall–Kier alpha value is -2.66. The highest BCUT2D eigenvalue weighted by Gasteiger charge is 2.15. The van der Waals surface area contributed by atoms with Crippen LogP contribution in [0.1, 0.15) is 55.1 Å². The van der Waals surface area contributed by atoms with Crippen LogP contribution in [0, 0.1) is 0 Å². The van der Waals surface area contributed by atoms with Gasteiger partial charge >= 0.3 is 0 Å². The standard InChI is InChI=1S/C24H32N2O3/c1-24(2,3)20-11-9-19(10-12-20)23(29)25-15-13-22(28)26-21(14-16-27)17-18-7-5-4-6-8-18/h4-12,21,27H,13-17H2,1-3H3,(H,25,29)(H,26,28)/t21-/m0/s1. The molecule has 5 heteroatoms. The Bertz CT molecular complexity index is 780. The predicted octanol–water partition coefficient (Wildman–Crippen LogP) is 3.21. The molecule has 0 bridgehead atoms. The lowest BCUT2D eigenvalue weighted by atomic mass is 9.87. The summed E-state index contributed by atoms with van der Waals surface area (Å²) >= 11 is 0. The van der Waals surface area contributed by atoms with Crippen LogP contribution in [-0.4, -0.2) is 36.1 Å². The van der Waals surface area contributed by atoms with Crippen molar-refractivity contribution in [1.29, 1.82) is 0 Å². The van der Waals surface area contributed by atoms with Gasteiger partial charge in [-0.05, 0) is 41.5 Å². The van der Waals surface area contributed by atoms with E-state index in [0.717, 1.165) is 5.56 Å². The smallest absolute Gasteiger partial charge is 0.251 e. The second-order valence-corrected chi connectivity index (χ2v) is 8.30. The van der Waals surface area contributed by atoms with E-state index in [-0.39, 0.29) is 42.8 Å². The number of hydrogen-bond donors (Lipinski definition) is 3. The number of benzene rings is 2. The van der Waals surface area contributed by atoms with Gasteiger partial charge in [0.15, 0.2) is 0 Å². The Balaban J connectivity index is 1.79. The summed E-state index contributed by atoms with van der Waals surface area (Å²) in [5, 5.41) is 15.0. The maximum atomic E-state index is 12.3. The third-order valence-electron chi connectivity index (χ3n) is 4.82. The normalized spacial score (nSPS) is 12.3. The first-order chi connectivity index (χ1) is 13.8. The van der Waals surface area contributed by atoms with Crippen LogP contribution in [0.25, 0.3) is 0 Å². The van der Waals surface area contributed by atoms with Crippen LogP contribution in [0.3, 0.4) is 0 Å². The van der Waals surface area contributed by atoms with Crippen LogP contribution in [0.2, 0.25) is 0 Å². The summed E-state index contributed by atoms with van der Waals surface area (Å²) in [6.45, 7) is 6.66. The van der Waals surface area contributed by atoms with Crippen molar-refractivity contribution in [3.63, 3.8) is 0 Å². The fourth-order valence-electron chi connectivity index (χ4n) is 3.09. The Morgan fingerprint density at radius 3 is 2.24 bits per heavy atom. The maximum absolute atomic E-state index is 12.3. The topological polar surface area (TPSA) is 78.4 Å². The number of rotatable bonds is 9. The molecule has 0 aromatic heterocycles. The molecule has 0 aliphatic rings. The molecule has 0 aliphatic heterocycles. The van der Waals surface area contributed by atoms with Crippen LogP contribution in [0.4, 0.5) is 0 Å². The minimum atomic E-state index is -0.186. The number of carbonyl (C=O) groups excluding carboxylic acids is 2. The Labute approximate surface area is 173 Å². The zero-order chi connectivity index (χ0) is 21.3. The van der Waals surface area contributed by atoms with Gasteiger partial charge in [-0.15, -0.1) is 0 Å². The molecule has 2 aromatic rings. The highest BCUT2D eigenvalue weighted by molar-refractivity contribution is 5.94. The van der Waals surface area contributed by atoms with Crippen LogP contribution in [0.5, 0.6) is 0 Å². The van der Waals surface area contributed by atoms with Crippen LogP contribution < -0.4 is 10.6 Å². The van der Waals surface area contributed by atoms with Gasteiger partial charge in [0.1, 0.15) is 0 Å². The average molecular weight is 397 g/mol. The van der Waals surface area contributed by atoms with E-state index >= 15 is 0 Å². The maximum Gasteiger partial charge on any atom is 0.251 e. The molecule has 2 rings (SSSR count). The fraction of sp³-hybridized carbons (Fsp3) is 0.417. The molecule has 0 radical (unpaired) electrons. The monoisotopic (exact) mass is 396 g/mol. The molecule has 0 heterocycles. The summed E-state index contributed by atoms with van der Waals surface area (Å²) in [5.41, 5.74) is 2.90. The summed E-state index contributed by atoms with van der Waals surface area (Å²) < 4.78 is 0. The molecule has 5 nitrogen and oxygen atoms in total. The van der Waals surface area contributed by atoms with Crippen molar-refractivity contribution in [1.82, 2.24) is 10.6 Å². The fourth-order valence-corrected chi connectivity index (χ4v) is 3.09. The molecule has 2 aromatic carbocycles. The Kier molecular flexibility index (Phi) is 8.40. The zero-order valence-corrected chi connectivity index (χ0v) is 17.6. The van der Waals surface area contributed by atoms with Crippen LogP contribution in [0.15, 0.2) is 54.6 Å². The molecule has 1 atom stereocenters. The lowest BCUT2D eigenvalue weighted by Gasteiger charge is -2.19. The van der Waals surface area contributed by atoms with E-state index in [1.54, 1.807) is 0 Å². The van der Waals surface area contributed by atoms with Crippen molar-refractivity contribution in [3.05, 3.63) is 71.3 Å². The van der Waals surface area contributed by atoms with E-state index in [2.05, 4.69) is 31.4 Å². The van der Waals surface area contributed by atoms with Gasteiger partial charge in [-0.3, -0.25) is 9.59 Å². The summed E-state index contributed by atoms with van der Waals surface area (Å²) in [5.74, 6) is -0.322. The van der Waals surface area contributed by atoms with E-state index in [0.29, 0.717) is 18.4 Å². The van der Waals surface area contributed by atoms with Gasteiger partial charge in [-0.1, -0.05) is 63.2 Å². The number of amides is 2. The molecule has 0 saturated carbocycles. The van der Waals surface area contributed by atoms with Gasteiger partial charge in [-0.25, -0.2) is 0 Å². The van der Waals surface area contributed by atoms with Gasteiger partial charge in [-0.2, -0.15) is 0 Å². The van der Waals surface area contributed by atoms with Crippen molar-refractivity contribution < 1.29 is 14.7 Å². The molecule has 0 fully saturated rings. The predicted molar refractivity (Wildman–Crippen MR) is 116 cm³/mol. The van der Waals surface area contributed by atoms with Crippen LogP contribution >= 0.6 is 0 Å². The quantitative estimate of drug-likeness (QED) is 0.609. The van der Waals surface area contributed by atoms with Crippen molar-refractivity contribution in [2.45, 2.75) is 51.5 Å². The Morgan fingerprint density at radius 1 is 1.00 bits per heavy atom. The van der Waals surface area contributed by atoms with Gasteiger partial charge in [0.2, 0.25) is 5.91 Å². The van der Waals surface area contributed by atoms with Gasteiger partial charge in [0.05, 0.1) is 0 Å². The van der Waals surface area contributed by atoms with Crippen molar-refractivity contribution in [3.8, 4) is 0 Å². The molecular weight excluding hydrogens is 364 g/mol. The minimum absolute atomic E-state index is 0.0130. The molecular formula is C24H32N2O3. The number of carbonyl (C=O) groups is 2. The molecule has 2 amide bonds. The lowest BCUT2D eigenvalue weighted by molar-refractivity contribution is -0.121. The second-order valence-electron chi connectivity index (χ2n) is 8.30. The summed E-state index contributed by atoms with van der Waals surface area (Å²) in [7, 11) is 0. The molecule has 0 spiro atoms. The van der Waals surface area contributed by atoms with E-state index in [1.165, 1.54) is 5.56 Å². The summed E-state index contributed by atoms with van der Waals surface area (Å²) in [6.07, 6.45) is 1.36. The van der Waals surface area contributed by atoms with Crippen molar-refractivity contribution >= 4 is 11.8 Å². The molecule has 29 heavy (non-hydrogen) atoms. The largest absolute Gasteiger partial charge is 0.396 e. The third kappa shape index (κ3) is 7.70. The van der Waals surface area contributed by atoms with E-state index < -0.39 is 0 Å². The SMILES string of the molecule is CC(C)(C)c1ccc(C(=O)NCCC(=O)N[C@@H](CCO)Cc2ccccc2)cc1. The Morgan fingerprint density at radius 2 is 1.66 bits per heavy atom. The number of hydrogen-bond acceptors (Lipinski definition) is 3. The first-order valence-electron chi connectivity index (χ1n) is 10.1. The van der Waals surface area contributed by atoms with Crippen molar-refractivity contribution in [2.24, 2.45) is 0 Å². The zero-order valence-electron chi connectivity index (χ0n) is 17.6. The highest BCUT2D eigenvalue weighted by Crippen LogP contribution is 2.22. The van der Waals surface area contributed by atoms with E-state index in [1.807, 2.05) is 54.6 Å². The van der Waals surface area contributed by atoms with Gasteiger partial charge < -0.3 is 15.7 Å². The summed E-state index contributed by atoms with van der Waals surface area (Å²) in [6, 6.07) is 17.3. The number of aliphatic hydroxyl groups excluding tert-OH is 1. The average Bonchev–Trinajstić information content (AvgIpc) is 2.68. The number of nitrogens with one attached hydrogen (secondary N) is 2. The van der Waals surface area contributed by atoms with Gasteiger partial charge in [0.25, 0.3) is 5.91 Å². The first-order valence-corrected chi connectivity index (χ1v) is 10.1. The highest BCUT2D eigenvalue weighted by atomic mass is 16.3. The molecule has 156 valence electrons.